The van der Waals surface area contributed by atoms with E-state index < -0.39 is 0 Å². The molecule has 0 aromatic heterocycles. The molecule has 0 aliphatic carbocycles. The second-order valence-corrected chi connectivity index (χ2v) is 3.87. The van der Waals surface area contributed by atoms with Gasteiger partial charge in [0.15, 0.2) is 0 Å². The van der Waals surface area contributed by atoms with E-state index in [-0.39, 0.29) is 0 Å². The van der Waals surface area contributed by atoms with Crippen LogP contribution >= 0.6 is 0 Å². The topological polar surface area (TPSA) is 3.24 Å². The maximum Gasteiger partial charge on any atom is 0.0599 e. The van der Waals surface area contributed by atoms with Gasteiger partial charge in [0.05, 0.1) is 6.54 Å². The van der Waals surface area contributed by atoms with Gasteiger partial charge in [-0.3, -0.25) is 4.90 Å². The highest BCUT2D eigenvalue weighted by Crippen LogP contribution is 2.36. The second kappa shape index (κ2) is 3.96. The Balaban J connectivity index is 2.48. The maximum atomic E-state index is 5.29. The van der Waals surface area contributed by atoms with Crippen LogP contribution in [0.1, 0.15) is 33.1 Å². The zero-order valence-corrected chi connectivity index (χ0v) is 8.27. The first-order valence-corrected chi connectivity index (χ1v) is 4.92. The van der Waals surface area contributed by atoms with Crippen molar-refractivity contribution in [3.05, 3.63) is 0 Å². The van der Waals surface area contributed by atoms with Gasteiger partial charge < -0.3 is 0 Å². The van der Waals surface area contributed by atoms with E-state index in [1.807, 2.05) is 0 Å². The second-order valence-electron chi connectivity index (χ2n) is 3.87. The lowest BCUT2D eigenvalue weighted by Crippen LogP contribution is -2.26. The summed E-state index contributed by atoms with van der Waals surface area (Å²) in [6, 6.07) is 0. The van der Waals surface area contributed by atoms with Gasteiger partial charge in [0.25, 0.3) is 0 Å². The first kappa shape index (κ1) is 9.61. The van der Waals surface area contributed by atoms with Crippen LogP contribution in [0.15, 0.2) is 0 Å². The Labute approximate surface area is 76.1 Å². The Hall–Kier alpha value is -0.480. The van der Waals surface area contributed by atoms with E-state index >= 15 is 0 Å². The van der Waals surface area contributed by atoms with Crippen molar-refractivity contribution in [2.75, 3.05) is 19.6 Å². The van der Waals surface area contributed by atoms with E-state index in [1.54, 1.807) is 0 Å². The molecular formula is C11H19N. The Bertz CT molecular complexity index is 174. The van der Waals surface area contributed by atoms with E-state index in [4.69, 9.17) is 6.42 Å². The molecule has 0 radical (unpaired) electrons. The molecule has 0 unspecified atom stereocenters. The van der Waals surface area contributed by atoms with Crippen molar-refractivity contribution >= 4 is 0 Å². The summed E-state index contributed by atoms with van der Waals surface area (Å²) in [6.07, 6.45) is 9.22. The minimum atomic E-state index is 0.580. The molecule has 1 nitrogen and oxygen atoms in total. The lowest BCUT2D eigenvalue weighted by atomic mass is 9.82. The first-order valence-electron chi connectivity index (χ1n) is 4.92. The summed E-state index contributed by atoms with van der Waals surface area (Å²) in [5.41, 5.74) is 0.580. The molecule has 1 fully saturated rings. The standard InChI is InChI=1S/C11H19N/c1-4-8-12-9-7-11(5-2,6-3)10-12/h1H,5-10H2,2-3H3. The molecule has 0 N–H and O–H groups in total. The van der Waals surface area contributed by atoms with E-state index in [1.165, 1.54) is 32.4 Å². The molecule has 1 saturated heterocycles. The summed E-state index contributed by atoms with van der Waals surface area (Å²) < 4.78 is 0. The highest BCUT2D eigenvalue weighted by molar-refractivity contribution is 4.94. The Morgan fingerprint density at radius 3 is 2.50 bits per heavy atom. The number of rotatable bonds is 3. The molecule has 0 bridgehead atoms. The summed E-state index contributed by atoms with van der Waals surface area (Å²) >= 11 is 0. The van der Waals surface area contributed by atoms with Crippen molar-refractivity contribution < 1.29 is 0 Å². The van der Waals surface area contributed by atoms with Gasteiger partial charge in [-0.05, 0) is 31.2 Å². The number of nitrogens with zero attached hydrogens (tertiary/aromatic N) is 1. The number of terminal acetylenes is 1. The smallest absolute Gasteiger partial charge is 0.0599 e. The fourth-order valence-electron chi connectivity index (χ4n) is 2.12. The highest BCUT2D eigenvalue weighted by atomic mass is 15.1. The van der Waals surface area contributed by atoms with Crippen LogP contribution in [-0.2, 0) is 0 Å². The molecule has 0 amide bonds. The van der Waals surface area contributed by atoms with E-state index in [0.29, 0.717) is 5.41 Å². The minimum absolute atomic E-state index is 0.580. The van der Waals surface area contributed by atoms with E-state index in [2.05, 4.69) is 24.7 Å². The molecule has 0 saturated carbocycles. The van der Waals surface area contributed by atoms with Crippen molar-refractivity contribution in [2.24, 2.45) is 5.41 Å². The Kier molecular flexibility index (Phi) is 3.17. The van der Waals surface area contributed by atoms with Crippen LogP contribution in [0.3, 0.4) is 0 Å². The van der Waals surface area contributed by atoms with Crippen LogP contribution in [0.4, 0.5) is 0 Å². The van der Waals surface area contributed by atoms with Gasteiger partial charge in [0.2, 0.25) is 0 Å². The lowest BCUT2D eigenvalue weighted by molar-refractivity contribution is 0.253. The fourth-order valence-corrected chi connectivity index (χ4v) is 2.12. The van der Waals surface area contributed by atoms with Crippen molar-refractivity contribution in [1.29, 1.82) is 0 Å². The van der Waals surface area contributed by atoms with E-state index in [9.17, 15) is 0 Å². The fraction of sp³-hybridized carbons (Fsp3) is 0.818. The molecular weight excluding hydrogens is 146 g/mol. The molecule has 1 heterocycles. The zero-order chi connectivity index (χ0) is 9.03. The number of likely N-dealkylation sites (tertiary alicyclic amines) is 1. The van der Waals surface area contributed by atoms with Crippen LogP contribution < -0.4 is 0 Å². The van der Waals surface area contributed by atoms with Crippen LogP contribution in [-0.4, -0.2) is 24.5 Å². The van der Waals surface area contributed by atoms with E-state index in [0.717, 1.165) is 6.54 Å². The largest absolute Gasteiger partial charge is 0.292 e. The van der Waals surface area contributed by atoms with Crippen LogP contribution in [0.5, 0.6) is 0 Å². The molecule has 68 valence electrons. The SMILES string of the molecule is C#CCN1CCC(CC)(CC)C1. The van der Waals surface area contributed by atoms with Crippen LogP contribution in [0.25, 0.3) is 0 Å². The normalized spacial score (nSPS) is 22.4. The monoisotopic (exact) mass is 165 g/mol. The molecule has 0 spiro atoms. The molecule has 0 atom stereocenters. The first-order chi connectivity index (χ1) is 5.76. The molecule has 0 aromatic rings. The molecule has 1 aliphatic rings. The van der Waals surface area contributed by atoms with Gasteiger partial charge in [-0.25, -0.2) is 0 Å². The third kappa shape index (κ3) is 1.81. The van der Waals surface area contributed by atoms with Gasteiger partial charge in [0.1, 0.15) is 0 Å². The summed E-state index contributed by atoms with van der Waals surface area (Å²) in [4.78, 5) is 2.40. The summed E-state index contributed by atoms with van der Waals surface area (Å²) in [5, 5.41) is 0. The molecule has 1 rings (SSSR count). The van der Waals surface area contributed by atoms with Gasteiger partial charge in [-0.15, -0.1) is 6.42 Å². The maximum absolute atomic E-state index is 5.29. The molecule has 12 heavy (non-hydrogen) atoms. The average Bonchev–Trinajstić information content (AvgIpc) is 2.50. The Morgan fingerprint density at radius 2 is 2.08 bits per heavy atom. The van der Waals surface area contributed by atoms with Crippen molar-refractivity contribution in [1.82, 2.24) is 4.90 Å². The quantitative estimate of drug-likeness (QED) is 0.579. The summed E-state index contributed by atoms with van der Waals surface area (Å²) in [7, 11) is 0. The predicted molar refractivity (Wildman–Crippen MR) is 52.9 cm³/mol. The van der Waals surface area contributed by atoms with Crippen LogP contribution in [0.2, 0.25) is 0 Å². The average molecular weight is 165 g/mol. The van der Waals surface area contributed by atoms with Gasteiger partial charge >= 0.3 is 0 Å². The molecule has 1 aliphatic heterocycles. The van der Waals surface area contributed by atoms with Crippen molar-refractivity contribution in [3.63, 3.8) is 0 Å². The minimum Gasteiger partial charge on any atom is -0.292 e. The molecule has 1 heteroatoms. The van der Waals surface area contributed by atoms with Crippen molar-refractivity contribution in [3.8, 4) is 12.3 Å². The van der Waals surface area contributed by atoms with Gasteiger partial charge in [-0.1, -0.05) is 19.8 Å². The number of hydrogen-bond acceptors (Lipinski definition) is 1. The zero-order valence-electron chi connectivity index (χ0n) is 8.27. The third-order valence-electron chi connectivity index (χ3n) is 3.33. The third-order valence-corrected chi connectivity index (χ3v) is 3.33. The van der Waals surface area contributed by atoms with Gasteiger partial charge in [0, 0.05) is 6.54 Å². The number of hydrogen-bond donors (Lipinski definition) is 0. The molecule has 0 aromatic carbocycles. The summed E-state index contributed by atoms with van der Waals surface area (Å²) in [5.74, 6) is 2.72. The van der Waals surface area contributed by atoms with Gasteiger partial charge in [-0.2, -0.15) is 0 Å². The summed E-state index contributed by atoms with van der Waals surface area (Å²) in [6.45, 7) is 7.84. The Morgan fingerprint density at radius 1 is 1.42 bits per heavy atom. The predicted octanol–water partition coefficient (Wildman–Crippen LogP) is 2.13. The van der Waals surface area contributed by atoms with Crippen LogP contribution in [0, 0.1) is 17.8 Å². The lowest BCUT2D eigenvalue weighted by Gasteiger charge is -2.25. The van der Waals surface area contributed by atoms with Crippen molar-refractivity contribution in [2.45, 2.75) is 33.1 Å². The highest BCUT2D eigenvalue weighted by Gasteiger charge is 2.34.